The van der Waals surface area contributed by atoms with Crippen LogP contribution in [0.1, 0.15) is 29.0 Å². The van der Waals surface area contributed by atoms with Gasteiger partial charge in [0.1, 0.15) is 0 Å². The molecule has 0 aliphatic rings. The maximum atomic E-state index is 6.14. The van der Waals surface area contributed by atoms with E-state index in [4.69, 9.17) is 11.6 Å². The first-order chi connectivity index (χ1) is 9.02. The molecule has 0 radical (unpaired) electrons. The van der Waals surface area contributed by atoms with Crippen LogP contribution in [-0.2, 0) is 0 Å². The van der Waals surface area contributed by atoms with Crippen molar-refractivity contribution in [2.24, 2.45) is 0 Å². The number of hydrogen-bond donors (Lipinski definition) is 1. The van der Waals surface area contributed by atoms with Gasteiger partial charge in [0.2, 0.25) is 0 Å². The Labute approximate surface area is 139 Å². The number of hydrogen-bond acceptors (Lipinski definition) is 2. The third-order valence-electron chi connectivity index (χ3n) is 2.89. The number of halogens is 3. The second kappa shape index (κ2) is 6.72. The first kappa shape index (κ1) is 15.5. The van der Waals surface area contributed by atoms with Crippen LogP contribution in [0.15, 0.2) is 32.5 Å². The highest BCUT2D eigenvalue weighted by Crippen LogP contribution is 2.38. The van der Waals surface area contributed by atoms with E-state index in [9.17, 15) is 0 Å². The largest absolute Gasteiger partial charge is 0.306 e. The molecule has 1 aromatic carbocycles. The number of benzene rings is 1. The van der Waals surface area contributed by atoms with Crippen molar-refractivity contribution >= 4 is 54.8 Å². The van der Waals surface area contributed by atoms with Gasteiger partial charge >= 0.3 is 0 Å². The predicted octanol–water partition coefficient (Wildman–Crippen LogP) is 5.93. The van der Waals surface area contributed by atoms with Crippen molar-refractivity contribution in [2.75, 3.05) is 6.54 Å². The second-order valence-corrected chi connectivity index (χ2v) is 7.93. The first-order valence-corrected chi connectivity index (χ1v) is 8.75. The van der Waals surface area contributed by atoms with Gasteiger partial charge in [-0.15, -0.1) is 11.3 Å². The highest BCUT2D eigenvalue weighted by atomic mass is 79.9. The zero-order chi connectivity index (χ0) is 14.0. The number of nitrogens with one attached hydrogen (secondary N) is 1. The van der Waals surface area contributed by atoms with E-state index in [1.165, 1.54) is 16.0 Å². The highest BCUT2D eigenvalue weighted by Gasteiger charge is 2.17. The number of aryl methyl sites for hydroxylation is 1. The van der Waals surface area contributed by atoms with E-state index in [1.807, 2.05) is 6.07 Å². The van der Waals surface area contributed by atoms with Crippen LogP contribution in [0.4, 0.5) is 0 Å². The van der Waals surface area contributed by atoms with Crippen LogP contribution in [-0.4, -0.2) is 6.54 Å². The van der Waals surface area contributed by atoms with Gasteiger partial charge < -0.3 is 5.32 Å². The minimum absolute atomic E-state index is 0.177. The van der Waals surface area contributed by atoms with Gasteiger partial charge in [-0.25, -0.2) is 0 Å². The Morgan fingerprint density at radius 2 is 2.05 bits per heavy atom. The fourth-order valence-corrected chi connectivity index (χ4v) is 4.13. The Morgan fingerprint density at radius 1 is 1.32 bits per heavy atom. The summed E-state index contributed by atoms with van der Waals surface area (Å²) < 4.78 is 2.12. The molecule has 0 bridgehead atoms. The van der Waals surface area contributed by atoms with Crippen LogP contribution < -0.4 is 5.32 Å². The monoisotopic (exact) mass is 421 g/mol. The summed E-state index contributed by atoms with van der Waals surface area (Å²) in [6.07, 6.45) is 0. The molecule has 1 heterocycles. The Bertz CT molecular complexity index is 563. The maximum absolute atomic E-state index is 6.14. The fraction of sp³-hybridized carbons (Fsp3) is 0.286. The summed E-state index contributed by atoms with van der Waals surface area (Å²) in [6, 6.07) is 8.67. The van der Waals surface area contributed by atoms with Gasteiger partial charge in [0, 0.05) is 9.35 Å². The van der Waals surface area contributed by atoms with Crippen LogP contribution >= 0.6 is 54.8 Å². The molecule has 1 nitrogen and oxygen atoms in total. The molecule has 0 aliphatic carbocycles. The van der Waals surface area contributed by atoms with E-state index in [-0.39, 0.29) is 6.04 Å². The Hall–Kier alpha value is 0.130. The molecule has 2 rings (SSSR count). The van der Waals surface area contributed by atoms with Gasteiger partial charge in [0.15, 0.2) is 0 Å². The third kappa shape index (κ3) is 3.61. The molecule has 0 saturated heterocycles. The zero-order valence-electron chi connectivity index (χ0n) is 10.6. The van der Waals surface area contributed by atoms with Gasteiger partial charge in [0.05, 0.1) is 14.9 Å². The molecule has 1 unspecified atom stereocenters. The summed E-state index contributed by atoms with van der Waals surface area (Å²) in [6.45, 7) is 5.11. The van der Waals surface area contributed by atoms with E-state index < -0.39 is 0 Å². The quantitative estimate of drug-likeness (QED) is 0.642. The van der Waals surface area contributed by atoms with Gasteiger partial charge in [-0.3, -0.25) is 0 Å². The van der Waals surface area contributed by atoms with Crippen molar-refractivity contribution < 1.29 is 0 Å². The lowest BCUT2D eigenvalue weighted by molar-refractivity contribution is 0.639. The average molecular weight is 424 g/mol. The molecule has 19 heavy (non-hydrogen) atoms. The van der Waals surface area contributed by atoms with Gasteiger partial charge in [-0.2, -0.15) is 0 Å². The summed E-state index contributed by atoms with van der Waals surface area (Å²) in [5, 5.41) is 4.28. The molecule has 2 aromatic rings. The summed E-state index contributed by atoms with van der Waals surface area (Å²) in [4.78, 5) is 1.22. The maximum Gasteiger partial charge on any atom is 0.0888 e. The fourth-order valence-electron chi connectivity index (χ4n) is 1.88. The van der Waals surface area contributed by atoms with Crippen molar-refractivity contribution in [1.29, 1.82) is 0 Å². The molecular formula is C14H14Br2ClNS. The summed E-state index contributed by atoms with van der Waals surface area (Å²) in [7, 11) is 0. The molecule has 0 aliphatic heterocycles. The average Bonchev–Trinajstić information content (AvgIpc) is 2.70. The third-order valence-corrected chi connectivity index (χ3v) is 6.28. The molecule has 5 heteroatoms. The van der Waals surface area contributed by atoms with Gasteiger partial charge in [-0.1, -0.05) is 46.6 Å². The van der Waals surface area contributed by atoms with Crippen LogP contribution in [0.5, 0.6) is 0 Å². The molecule has 0 fully saturated rings. The SMILES string of the molecule is CCNC(c1ccc(C)c(Br)c1)c1cc(Cl)c(Br)s1. The normalized spacial score (nSPS) is 12.7. The van der Waals surface area contributed by atoms with E-state index in [1.54, 1.807) is 11.3 Å². The Morgan fingerprint density at radius 3 is 2.58 bits per heavy atom. The lowest BCUT2D eigenvalue weighted by Gasteiger charge is -2.17. The van der Waals surface area contributed by atoms with Crippen LogP contribution in [0.2, 0.25) is 5.02 Å². The first-order valence-electron chi connectivity index (χ1n) is 5.97. The molecule has 0 amide bonds. The van der Waals surface area contributed by atoms with Gasteiger partial charge in [-0.05, 0) is 52.7 Å². The predicted molar refractivity (Wildman–Crippen MR) is 91.4 cm³/mol. The Balaban J connectivity index is 2.41. The van der Waals surface area contributed by atoms with E-state index in [2.05, 4.69) is 69.2 Å². The molecule has 0 spiro atoms. The summed E-state index contributed by atoms with van der Waals surface area (Å²) >= 11 is 14.9. The topological polar surface area (TPSA) is 12.0 Å². The van der Waals surface area contributed by atoms with Crippen LogP contribution in [0, 0.1) is 6.92 Å². The molecule has 1 aromatic heterocycles. The lowest BCUT2D eigenvalue weighted by atomic mass is 10.0. The molecule has 102 valence electrons. The smallest absolute Gasteiger partial charge is 0.0888 e. The van der Waals surface area contributed by atoms with Gasteiger partial charge in [0.25, 0.3) is 0 Å². The number of thiophene rings is 1. The molecular weight excluding hydrogens is 409 g/mol. The van der Waals surface area contributed by atoms with Crippen molar-refractivity contribution in [3.8, 4) is 0 Å². The van der Waals surface area contributed by atoms with Crippen LogP contribution in [0.3, 0.4) is 0 Å². The van der Waals surface area contributed by atoms with E-state index in [0.29, 0.717) is 0 Å². The molecule has 0 saturated carbocycles. The number of rotatable bonds is 4. The standard InChI is InChI=1S/C14H14Br2ClNS/c1-3-18-13(12-7-11(17)14(16)19-12)9-5-4-8(2)10(15)6-9/h4-7,13,18H,3H2,1-2H3. The lowest BCUT2D eigenvalue weighted by Crippen LogP contribution is -2.21. The Kier molecular flexibility index (Phi) is 5.49. The van der Waals surface area contributed by atoms with Crippen molar-refractivity contribution in [2.45, 2.75) is 19.9 Å². The second-order valence-electron chi connectivity index (χ2n) is 4.27. The van der Waals surface area contributed by atoms with Crippen molar-refractivity contribution in [1.82, 2.24) is 5.32 Å². The summed E-state index contributed by atoms with van der Waals surface area (Å²) in [5.41, 5.74) is 2.48. The minimum Gasteiger partial charge on any atom is -0.306 e. The van der Waals surface area contributed by atoms with Crippen molar-refractivity contribution in [3.63, 3.8) is 0 Å². The van der Waals surface area contributed by atoms with E-state index in [0.717, 1.165) is 19.8 Å². The van der Waals surface area contributed by atoms with Crippen molar-refractivity contribution in [3.05, 3.63) is 53.6 Å². The minimum atomic E-state index is 0.177. The highest BCUT2D eigenvalue weighted by molar-refractivity contribution is 9.11. The zero-order valence-corrected chi connectivity index (χ0v) is 15.4. The van der Waals surface area contributed by atoms with Crippen LogP contribution in [0.25, 0.3) is 0 Å². The summed E-state index contributed by atoms with van der Waals surface area (Å²) in [5.74, 6) is 0. The molecule has 1 N–H and O–H groups in total. The van der Waals surface area contributed by atoms with E-state index >= 15 is 0 Å². The molecule has 1 atom stereocenters.